The number of nitrogens with one attached hydrogen (secondary N) is 2. The van der Waals surface area contributed by atoms with Gasteiger partial charge in [-0.2, -0.15) is 0 Å². The van der Waals surface area contributed by atoms with Gasteiger partial charge in [0.25, 0.3) is 11.6 Å². The van der Waals surface area contributed by atoms with Gasteiger partial charge in [-0.15, -0.1) is 0 Å². The first-order chi connectivity index (χ1) is 10.4. The largest absolute Gasteiger partial charge is 0.383 e. The Kier molecular flexibility index (Phi) is 4.41. The van der Waals surface area contributed by atoms with Crippen molar-refractivity contribution < 1.29 is 9.72 Å². The highest BCUT2D eigenvalue weighted by atomic mass is 16.6. The fraction of sp³-hybridized carbons (Fsp3) is 0.188. The predicted octanol–water partition coefficient (Wildman–Crippen LogP) is 3.51. The van der Waals surface area contributed by atoms with E-state index in [4.69, 9.17) is 0 Å². The second kappa shape index (κ2) is 6.26. The van der Waals surface area contributed by atoms with Gasteiger partial charge < -0.3 is 10.6 Å². The zero-order chi connectivity index (χ0) is 16.3. The van der Waals surface area contributed by atoms with Gasteiger partial charge in [0.05, 0.1) is 4.92 Å². The summed E-state index contributed by atoms with van der Waals surface area (Å²) < 4.78 is 0. The number of anilines is 2. The Hall–Kier alpha value is -2.89. The maximum Gasteiger partial charge on any atom is 0.293 e. The van der Waals surface area contributed by atoms with Crippen LogP contribution in [0.25, 0.3) is 0 Å². The summed E-state index contributed by atoms with van der Waals surface area (Å²) in [6, 6.07) is 9.92. The molecular weight excluding hydrogens is 282 g/mol. The van der Waals surface area contributed by atoms with Crippen LogP contribution in [-0.2, 0) is 0 Å². The van der Waals surface area contributed by atoms with Crippen LogP contribution < -0.4 is 10.6 Å². The van der Waals surface area contributed by atoms with E-state index in [1.807, 2.05) is 26.0 Å². The van der Waals surface area contributed by atoms with Gasteiger partial charge in [0.2, 0.25) is 0 Å². The summed E-state index contributed by atoms with van der Waals surface area (Å²) in [6.45, 7) is 3.94. The highest BCUT2D eigenvalue weighted by Gasteiger charge is 2.17. The van der Waals surface area contributed by atoms with Crippen LogP contribution in [0.5, 0.6) is 0 Å². The molecule has 0 saturated carbocycles. The van der Waals surface area contributed by atoms with E-state index >= 15 is 0 Å². The van der Waals surface area contributed by atoms with E-state index in [9.17, 15) is 14.9 Å². The van der Waals surface area contributed by atoms with E-state index in [1.165, 1.54) is 12.1 Å². The highest BCUT2D eigenvalue weighted by molar-refractivity contribution is 6.05. The molecule has 2 N–H and O–H groups in total. The number of benzene rings is 2. The van der Waals surface area contributed by atoms with Gasteiger partial charge in [-0.25, -0.2) is 0 Å². The van der Waals surface area contributed by atoms with Crippen LogP contribution in [-0.4, -0.2) is 17.9 Å². The Balaban J connectivity index is 2.27. The average Bonchev–Trinajstić information content (AvgIpc) is 2.50. The Morgan fingerprint density at radius 2 is 1.82 bits per heavy atom. The molecule has 0 heterocycles. The van der Waals surface area contributed by atoms with Crippen LogP contribution >= 0.6 is 0 Å². The number of carbonyl (C=O) groups is 1. The zero-order valence-corrected chi connectivity index (χ0v) is 12.6. The van der Waals surface area contributed by atoms with Crippen molar-refractivity contribution in [1.82, 2.24) is 0 Å². The zero-order valence-electron chi connectivity index (χ0n) is 12.6. The monoisotopic (exact) mass is 299 g/mol. The standard InChI is InChI=1S/C16H17N3O3/c1-10-4-6-13(8-11(10)2)18-16(20)12-5-7-14(17-3)15(9-12)19(21)22/h4-9,17H,1-3H3,(H,18,20). The molecule has 0 fully saturated rings. The predicted molar refractivity (Wildman–Crippen MR) is 86.5 cm³/mol. The number of nitrogens with zero attached hydrogens (tertiary/aromatic N) is 1. The van der Waals surface area contributed by atoms with Gasteiger partial charge in [-0.1, -0.05) is 6.07 Å². The number of aryl methyl sites for hydroxylation is 2. The molecule has 114 valence electrons. The molecule has 0 aliphatic rings. The third-order valence-electron chi connectivity index (χ3n) is 3.49. The lowest BCUT2D eigenvalue weighted by Gasteiger charge is -2.09. The van der Waals surface area contributed by atoms with E-state index in [0.29, 0.717) is 11.4 Å². The quantitative estimate of drug-likeness (QED) is 0.668. The third-order valence-corrected chi connectivity index (χ3v) is 3.49. The Morgan fingerprint density at radius 3 is 2.41 bits per heavy atom. The molecule has 0 aromatic heterocycles. The van der Waals surface area contributed by atoms with Crippen molar-refractivity contribution in [2.24, 2.45) is 0 Å². The van der Waals surface area contributed by atoms with Gasteiger partial charge in [-0.05, 0) is 49.2 Å². The minimum absolute atomic E-state index is 0.129. The average molecular weight is 299 g/mol. The molecule has 6 heteroatoms. The van der Waals surface area contributed by atoms with Gasteiger partial charge in [0.1, 0.15) is 5.69 Å². The number of rotatable bonds is 4. The van der Waals surface area contributed by atoms with Crippen LogP contribution in [0.4, 0.5) is 17.1 Å². The summed E-state index contributed by atoms with van der Waals surface area (Å²) in [5, 5.41) is 16.5. The van der Waals surface area contributed by atoms with E-state index in [1.54, 1.807) is 19.2 Å². The SMILES string of the molecule is CNc1ccc(C(=O)Nc2ccc(C)c(C)c2)cc1[N+](=O)[O-]. The van der Waals surface area contributed by atoms with Crippen molar-refractivity contribution in [2.75, 3.05) is 17.7 Å². The number of hydrogen-bond donors (Lipinski definition) is 2. The minimum atomic E-state index is -0.515. The second-order valence-corrected chi connectivity index (χ2v) is 4.99. The molecule has 2 aromatic rings. The van der Waals surface area contributed by atoms with Crippen molar-refractivity contribution in [2.45, 2.75) is 13.8 Å². The first-order valence-corrected chi connectivity index (χ1v) is 6.77. The van der Waals surface area contributed by atoms with Crippen LogP contribution in [0.3, 0.4) is 0 Å². The maximum absolute atomic E-state index is 12.2. The molecule has 0 spiro atoms. The number of nitro groups is 1. The first-order valence-electron chi connectivity index (χ1n) is 6.77. The summed E-state index contributed by atoms with van der Waals surface area (Å²) in [5.41, 5.74) is 3.33. The van der Waals surface area contributed by atoms with Gasteiger partial charge >= 0.3 is 0 Å². The number of nitro benzene ring substituents is 1. The number of amides is 1. The first kappa shape index (κ1) is 15.5. The molecule has 0 aliphatic carbocycles. The molecule has 6 nitrogen and oxygen atoms in total. The lowest BCUT2D eigenvalue weighted by atomic mass is 10.1. The van der Waals surface area contributed by atoms with E-state index in [2.05, 4.69) is 10.6 Å². The molecule has 0 unspecified atom stereocenters. The number of carbonyl (C=O) groups excluding carboxylic acids is 1. The lowest BCUT2D eigenvalue weighted by Crippen LogP contribution is -2.12. The molecule has 1 amide bonds. The molecule has 0 saturated heterocycles. The van der Waals surface area contributed by atoms with Gasteiger partial charge in [-0.3, -0.25) is 14.9 Å². The van der Waals surface area contributed by atoms with Crippen molar-refractivity contribution >= 4 is 23.0 Å². The molecule has 0 aliphatic heterocycles. The summed E-state index contributed by atoms with van der Waals surface area (Å²) in [6.07, 6.45) is 0. The molecule has 0 radical (unpaired) electrons. The molecule has 0 atom stereocenters. The molecular formula is C16H17N3O3. The minimum Gasteiger partial charge on any atom is -0.383 e. The van der Waals surface area contributed by atoms with E-state index < -0.39 is 4.92 Å². The van der Waals surface area contributed by atoms with Crippen molar-refractivity contribution in [3.63, 3.8) is 0 Å². The van der Waals surface area contributed by atoms with Gasteiger partial charge in [0.15, 0.2) is 0 Å². The fourth-order valence-electron chi connectivity index (χ4n) is 2.06. The smallest absolute Gasteiger partial charge is 0.293 e. The van der Waals surface area contributed by atoms with Crippen LogP contribution in [0, 0.1) is 24.0 Å². The van der Waals surface area contributed by atoms with Crippen LogP contribution in [0.15, 0.2) is 36.4 Å². The molecule has 0 bridgehead atoms. The van der Waals surface area contributed by atoms with Crippen molar-refractivity contribution in [3.8, 4) is 0 Å². The Bertz CT molecular complexity index is 741. The molecule has 2 aromatic carbocycles. The number of hydrogen-bond acceptors (Lipinski definition) is 4. The third kappa shape index (κ3) is 3.22. The van der Waals surface area contributed by atoms with Crippen LogP contribution in [0.2, 0.25) is 0 Å². The molecule has 22 heavy (non-hydrogen) atoms. The van der Waals surface area contributed by atoms with Crippen molar-refractivity contribution in [3.05, 3.63) is 63.2 Å². The van der Waals surface area contributed by atoms with E-state index in [0.717, 1.165) is 11.1 Å². The van der Waals surface area contributed by atoms with Crippen molar-refractivity contribution in [1.29, 1.82) is 0 Å². The summed E-state index contributed by atoms with van der Waals surface area (Å²) in [5.74, 6) is -0.381. The Labute approximate surface area is 128 Å². The topological polar surface area (TPSA) is 84.3 Å². The fourth-order valence-corrected chi connectivity index (χ4v) is 2.06. The van der Waals surface area contributed by atoms with E-state index in [-0.39, 0.29) is 17.2 Å². The normalized spacial score (nSPS) is 10.1. The highest BCUT2D eigenvalue weighted by Crippen LogP contribution is 2.25. The lowest BCUT2D eigenvalue weighted by molar-refractivity contribution is -0.384. The summed E-state index contributed by atoms with van der Waals surface area (Å²) in [7, 11) is 1.59. The van der Waals surface area contributed by atoms with Crippen LogP contribution in [0.1, 0.15) is 21.5 Å². The Morgan fingerprint density at radius 1 is 1.09 bits per heavy atom. The second-order valence-electron chi connectivity index (χ2n) is 4.99. The summed E-state index contributed by atoms with van der Waals surface area (Å²) >= 11 is 0. The van der Waals surface area contributed by atoms with Gasteiger partial charge in [0, 0.05) is 24.4 Å². The maximum atomic E-state index is 12.2. The summed E-state index contributed by atoms with van der Waals surface area (Å²) in [4.78, 5) is 22.7. The molecule has 2 rings (SSSR count).